The van der Waals surface area contributed by atoms with Crippen LogP contribution >= 0.6 is 0 Å². The lowest BCUT2D eigenvalue weighted by Gasteiger charge is -2.11. The topological polar surface area (TPSA) is 46.2 Å². The van der Waals surface area contributed by atoms with Crippen molar-refractivity contribution in [2.75, 3.05) is 0 Å². The van der Waals surface area contributed by atoms with Gasteiger partial charge in [0.25, 0.3) is 0 Å². The van der Waals surface area contributed by atoms with Crippen LogP contribution in [-0.2, 0) is 4.79 Å². The number of rotatable bonds is 6. The standard InChI is InChI=1S/C19H19NO2/c1-15(14-18(21)17-10-6-3-7-11-17)20-19(22)13-12-16-8-4-2-5-9-16/h2-13,15H,14H2,1H3,(H,20,22)/b13-12+. The number of carbonyl (C=O) groups is 2. The SMILES string of the molecule is CC(CC(=O)c1ccccc1)NC(=O)/C=C/c1ccccc1. The van der Waals surface area contributed by atoms with Crippen molar-refractivity contribution in [2.45, 2.75) is 19.4 Å². The third-order valence-corrected chi connectivity index (χ3v) is 3.20. The van der Waals surface area contributed by atoms with E-state index in [-0.39, 0.29) is 24.2 Å². The molecule has 0 saturated carbocycles. The molecule has 0 bridgehead atoms. The monoisotopic (exact) mass is 293 g/mol. The first-order chi connectivity index (χ1) is 10.6. The van der Waals surface area contributed by atoms with Crippen molar-refractivity contribution in [3.05, 3.63) is 77.9 Å². The van der Waals surface area contributed by atoms with Crippen LogP contribution in [0.4, 0.5) is 0 Å². The van der Waals surface area contributed by atoms with Crippen LogP contribution in [0.1, 0.15) is 29.3 Å². The molecule has 3 nitrogen and oxygen atoms in total. The Morgan fingerprint density at radius 2 is 1.59 bits per heavy atom. The lowest BCUT2D eigenvalue weighted by Crippen LogP contribution is -2.32. The minimum atomic E-state index is -0.208. The fourth-order valence-corrected chi connectivity index (χ4v) is 2.10. The number of carbonyl (C=O) groups excluding carboxylic acids is 2. The molecule has 1 atom stereocenters. The highest BCUT2D eigenvalue weighted by Crippen LogP contribution is 2.06. The van der Waals surface area contributed by atoms with Crippen LogP contribution in [0.15, 0.2) is 66.7 Å². The van der Waals surface area contributed by atoms with Gasteiger partial charge in [-0.05, 0) is 18.6 Å². The minimum Gasteiger partial charge on any atom is -0.350 e. The highest BCUT2D eigenvalue weighted by molar-refractivity contribution is 5.97. The fraction of sp³-hybridized carbons (Fsp3) is 0.158. The molecule has 0 heterocycles. The highest BCUT2D eigenvalue weighted by Gasteiger charge is 2.12. The van der Waals surface area contributed by atoms with Crippen LogP contribution in [0.25, 0.3) is 6.08 Å². The van der Waals surface area contributed by atoms with E-state index < -0.39 is 0 Å². The Balaban J connectivity index is 1.84. The summed E-state index contributed by atoms with van der Waals surface area (Å²) in [5, 5.41) is 2.80. The zero-order chi connectivity index (χ0) is 15.8. The average molecular weight is 293 g/mol. The van der Waals surface area contributed by atoms with Gasteiger partial charge in [-0.1, -0.05) is 60.7 Å². The van der Waals surface area contributed by atoms with Gasteiger partial charge in [0.2, 0.25) is 5.91 Å². The lowest BCUT2D eigenvalue weighted by molar-refractivity contribution is -0.116. The molecule has 0 radical (unpaired) electrons. The Morgan fingerprint density at radius 1 is 1.00 bits per heavy atom. The predicted octanol–water partition coefficient (Wildman–Crippen LogP) is 3.48. The largest absolute Gasteiger partial charge is 0.350 e. The molecule has 0 spiro atoms. The van der Waals surface area contributed by atoms with E-state index in [9.17, 15) is 9.59 Å². The van der Waals surface area contributed by atoms with Crippen molar-refractivity contribution in [3.8, 4) is 0 Å². The first-order valence-corrected chi connectivity index (χ1v) is 7.27. The first kappa shape index (κ1) is 15.7. The zero-order valence-electron chi connectivity index (χ0n) is 12.5. The van der Waals surface area contributed by atoms with Gasteiger partial charge in [-0.15, -0.1) is 0 Å². The number of hydrogen-bond donors (Lipinski definition) is 1. The Hall–Kier alpha value is -2.68. The molecule has 0 saturated heterocycles. The smallest absolute Gasteiger partial charge is 0.244 e. The summed E-state index contributed by atoms with van der Waals surface area (Å²) in [7, 11) is 0. The fourth-order valence-electron chi connectivity index (χ4n) is 2.10. The van der Waals surface area contributed by atoms with Gasteiger partial charge in [0.1, 0.15) is 0 Å². The summed E-state index contributed by atoms with van der Waals surface area (Å²) in [5.74, 6) is -0.169. The summed E-state index contributed by atoms with van der Waals surface area (Å²) in [5.41, 5.74) is 1.63. The van der Waals surface area contributed by atoms with Crippen LogP contribution < -0.4 is 5.32 Å². The van der Waals surface area contributed by atoms with Crippen LogP contribution in [0.5, 0.6) is 0 Å². The number of nitrogens with one attached hydrogen (secondary N) is 1. The summed E-state index contributed by atoms with van der Waals surface area (Å²) in [6.45, 7) is 1.83. The Kier molecular flexibility index (Phi) is 5.66. The molecule has 0 aliphatic rings. The van der Waals surface area contributed by atoms with Gasteiger partial charge < -0.3 is 5.32 Å². The van der Waals surface area contributed by atoms with E-state index >= 15 is 0 Å². The molecule has 1 N–H and O–H groups in total. The molecule has 112 valence electrons. The van der Waals surface area contributed by atoms with Gasteiger partial charge >= 0.3 is 0 Å². The van der Waals surface area contributed by atoms with Crippen LogP contribution in [0.3, 0.4) is 0 Å². The van der Waals surface area contributed by atoms with Gasteiger partial charge in [-0.3, -0.25) is 9.59 Å². The van der Waals surface area contributed by atoms with Gasteiger partial charge in [-0.25, -0.2) is 0 Å². The molecular weight excluding hydrogens is 274 g/mol. The second-order valence-corrected chi connectivity index (χ2v) is 5.15. The molecule has 3 heteroatoms. The predicted molar refractivity (Wildman–Crippen MR) is 88.5 cm³/mol. The first-order valence-electron chi connectivity index (χ1n) is 7.27. The van der Waals surface area contributed by atoms with Crippen molar-refractivity contribution in [1.82, 2.24) is 5.32 Å². The summed E-state index contributed by atoms with van der Waals surface area (Å²) < 4.78 is 0. The molecule has 0 aromatic heterocycles. The van der Waals surface area contributed by atoms with Crippen LogP contribution in [-0.4, -0.2) is 17.7 Å². The molecule has 0 aliphatic carbocycles. The number of ketones is 1. The van der Waals surface area contributed by atoms with Crippen molar-refractivity contribution in [2.24, 2.45) is 0 Å². The van der Waals surface area contributed by atoms with Crippen molar-refractivity contribution in [1.29, 1.82) is 0 Å². The highest BCUT2D eigenvalue weighted by atomic mass is 16.1. The summed E-state index contributed by atoms with van der Waals surface area (Å²) in [6, 6.07) is 18.5. The van der Waals surface area contributed by atoms with Gasteiger partial charge in [0.05, 0.1) is 0 Å². The number of hydrogen-bond acceptors (Lipinski definition) is 2. The Labute approximate surface area is 130 Å². The van der Waals surface area contributed by atoms with E-state index in [1.807, 2.05) is 55.5 Å². The zero-order valence-corrected chi connectivity index (χ0v) is 12.5. The van der Waals surface area contributed by atoms with E-state index in [0.29, 0.717) is 5.56 Å². The third kappa shape index (κ3) is 5.02. The molecule has 1 amide bonds. The van der Waals surface area contributed by atoms with E-state index in [0.717, 1.165) is 5.56 Å². The molecule has 2 rings (SSSR count). The molecule has 0 fully saturated rings. The van der Waals surface area contributed by atoms with Crippen molar-refractivity contribution >= 4 is 17.8 Å². The second-order valence-electron chi connectivity index (χ2n) is 5.15. The summed E-state index contributed by atoms with van der Waals surface area (Å²) >= 11 is 0. The second kappa shape index (κ2) is 7.93. The van der Waals surface area contributed by atoms with E-state index in [4.69, 9.17) is 0 Å². The third-order valence-electron chi connectivity index (χ3n) is 3.20. The van der Waals surface area contributed by atoms with E-state index in [1.54, 1.807) is 18.2 Å². The molecule has 0 aliphatic heterocycles. The van der Waals surface area contributed by atoms with E-state index in [2.05, 4.69) is 5.32 Å². The maximum atomic E-state index is 12.0. The number of amides is 1. The number of benzene rings is 2. The van der Waals surface area contributed by atoms with Crippen molar-refractivity contribution < 1.29 is 9.59 Å². The Morgan fingerprint density at radius 3 is 2.23 bits per heavy atom. The van der Waals surface area contributed by atoms with Gasteiger partial charge in [-0.2, -0.15) is 0 Å². The minimum absolute atomic E-state index is 0.0282. The maximum absolute atomic E-state index is 12.0. The molecule has 1 unspecified atom stereocenters. The molecule has 22 heavy (non-hydrogen) atoms. The molecular formula is C19H19NO2. The lowest BCUT2D eigenvalue weighted by atomic mass is 10.0. The molecule has 2 aromatic carbocycles. The van der Waals surface area contributed by atoms with Gasteiger partial charge in [0, 0.05) is 24.1 Å². The summed E-state index contributed by atoms with van der Waals surface area (Å²) in [4.78, 5) is 23.9. The Bertz CT molecular complexity index is 648. The average Bonchev–Trinajstić information content (AvgIpc) is 2.54. The van der Waals surface area contributed by atoms with Crippen LogP contribution in [0.2, 0.25) is 0 Å². The number of Topliss-reactive ketones (excluding diaryl/α,β-unsaturated/α-hetero) is 1. The molecule has 2 aromatic rings. The van der Waals surface area contributed by atoms with Crippen molar-refractivity contribution in [3.63, 3.8) is 0 Å². The van der Waals surface area contributed by atoms with E-state index in [1.165, 1.54) is 6.08 Å². The normalized spacial score (nSPS) is 12.0. The van der Waals surface area contributed by atoms with Crippen LogP contribution in [0, 0.1) is 0 Å². The summed E-state index contributed by atoms with van der Waals surface area (Å²) in [6.07, 6.45) is 3.52. The quantitative estimate of drug-likeness (QED) is 0.654. The maximum Gasteiger partial charge on any atom is 0.244 e. The van der Waals surface area contributed by atoms with Gasteiger partial charge in [0.15, 0.2) is 5.78 Å².